The summed E-state index contributed by atoms with van der Waals surface area (Å²) in [7, 11) is -2.28. The maximum Gasteiger partial charge on any atom is 0.323 e. The molecule has 0 spiro atoms. The summed E-state index contributed by atoms with van der Waals surface area (Å²) < 4.78 is 23.9. The van der Waals surface area contributed by atoms with E-state index in [0.29, 0.717) is 13.0 Å². The van der Waals surface area contributed by atoms with Crippen molar-refractivity contribution in [3.63, 3.8) is 0 Å². The van der Waals surface area contributed by atoms with Crippen LogP contribution in [0.25, 0.3) is 0 Å². The monoisotopic (exact) mass is 209 g/mol. The molecule has 1 N–H and O–H groups in total. The molecule has 0 fully saturated rings. The Hall–Kier alpha value is -0.620. The van der Waals surface area contributed by atoms with Crippen molar-refractivity contribution in [2.75, 3.05) is 13.6 Å². The normalized spacial score (nSPS) is 14.5. The minimum absolute atomic E-state index is 0.347. The molecule has 0 aliphatic rings. The van der Waals surface area contributed by atoms with Gasteiger partial charge in [0, 0.05) is 13.6 Å². The average molecular weight is 209 g/mol. The molecule has 0 aliphatic heterocycles. The molecule has 0 bridgehead atoms. The van der Waals surface area contributed by atoms with Gasteiger partial charge in [-0.05, 0) is 13.3 Å². The van der Waals surface area contributed by atoms with E-state index < -0.39 is 21.2 Å². The Balaban J connectivity index is 4.66. The summed E-state index contributed by atoms with van der Waals surface area (Å²) in [6, 6.07) is 0. The van der Waals surface area contributed by atoms with Gasteiger partial charge in [-0.3, -0.25) is 4.79 Å². The van der Waals surface area contributed by atoms with E-state index in [4.69, 9.17) is 5.11 Å². The van der Waals surface area contributed by atoms with Gasteiger partial charge in [-0.15, -0.1) is 0 Å². The molecule has 0 amide bonds. The van der Waals surface area contributed by atoms with Gasteiger partial charge in [-0.1, -0.05) is 6.92 Å². The van der Waals surface area contributed by atoms with Crippen molar-refractivity contribution in [1.29, 1.82) is 0 Å². The van der Waals surface area contributed by atoms with E-state index in [0.717, 1.165) is 4.31 Å². The number of carboxylic acid groups (broad SMARTS) is 1. The summed E-state index contributed by atoms with van der Waals surface area (Å²) in [4.78, 5) is 10.4. The average Bonchev–Trinajstić information content (AvgIpc) is 2.03. The molecule has 0 aromatic heterocycles. The maximum atomic E-state index is 11.4. The summed E-state index contributed by atoms with van der Waals surface area (Å²) >= 11 is 0. The minimum Gasteiger partial charge on any atom is -0.480 e. The topological polar surface area (TPSA) is 74.7 Å². The van der Waals surface area contributed by atoms with Crippen LogP contribution in [0.4, 0.5) is 0 Å². The van der Waals surface area contributed by atoms with Crippen LogP contribution >= 0.6 is 0 Å². The van der Waals surface area contributed by atoms with E-state index in [1.54, 1.807) is 0 Å². The first-order chi connectivity index (χ1) is 5.84. The van der Waals surface area contributed by atoms with Crippen molar-refractivity contribution in [2.24, 2.45) is 0 Å². The predicted molar refractivity (Wildman–Crippen MR) is 48.9 cm³/mol. The molecule has 0 saturated heterocycles. The van der Waals surface area contributed by atoms with Gasteiger partial charge in [0.05, 0.1) is 0 Å². The highest BCUT2D eigenvalue weighted by Crippen LogP contribution is 2.07. The van der Waals surface area contributed by atoms with E-state index in [9.17, 15) is 13.2 Å². The first-order valence-corrected chi connectivity index (χ1v) is 5.52. The highest BCUT2D eigenvalue weighted by molar-refractivity contribution is 7.90. The lowest BCUT2D eigenvalue weighted by atomic mass is 10.5. The Bertz CT molecular complexity index is 272. The second-order valence-corrected chi connectivity index (χ2v) is 5.21. The van der Waals surface area contributed by atoms with Crippen LogP contribution in [-0.2, 0) is 14.8 Å². The van der Waals surface area contributed by atoms with E-state index >= 15 is 0 Å². The quantitative estimate of drug-likeness (QED) is 0.698. The third kappa shape index (κ3) is 2.96. The fourth-order valence-electron chi connectivity index (χ4n) is 0.839. The lowest BCUT2D eigenvalue weighted by molar-refractivity contribution is -0.136. The Morgan fingerprint density at radius 1 is 1.54 bits per heavy atom. The smallest absolute Gasteiger partial charge is 0.323 e. The largest absolute Gasteiger partial charge is 0.480 e. The molecule has 0 rings (SSSR count). The van der Waals surface area contributed by atoms with Crippen molar-refractivity contribution in [2.45, 2.75) is 25.5 Å². The fourth-order valence-corrected chi connectivity index (χ4v) is 2.07. The zero-order valence-electron chi connectivity index (χ0n) is 8.02. The van der Waals surface area contributed by atoms with Crippen molar-refractivity contribution < 1.29 is 18.3 Å². The zero-order chi connectivity index (χ0) is 10.6. The number of carboxylic acids is 1. The highest BCUT2D eigenvalue weighted by Gasteiger charge is 2.30. The summed E-state index contributed by atoms with van der Waals surface area (Å²) in [6.45, 7) is 3.35. The van der Waals surface area contributed by atoms with E-state index in [-0.39, 0.29) is 0 Å². The van der Waals surface area contributed by atoms with Gasteiger partial charge in [-0.2, -0.15) is 0 Å². The first kappa shape index (κ1) is 12.4. The molecule has 0 saturated carbocycles. The number of carbonyl (C=O) groups is 1. The van der Waals surface area contributed by atoms with Gasteiger partial charge in [0.1, 0.15) is 0 Å². The standard InChI is InChI=1S/C7H15NO4S/c1-4-5-8(3)13(11,12)6(2)7(9)10/h6H,4-5H2,1-3H3,(H,9,10). The summed E-state index contributed by atoms with van der Waals surface area (Å²) in [5.74, 6) is -1.32. The van der Waals surface area contributed by atoms with Crippen LogP contribution in [0.15, 0.2) is 0 Å². The van der Waals surface area contributed by atoms with Crippen molar-refractivity contribution in [3.8, 4) is 0 Å². The number of rotatable bonds is 5. The Labute approximate surface area is 78.4 Å². The molecule has 0 heterocycles. The van der Waals surface area contributed by atoms with Gasteiger partial charge < -0.3 is 5.11 Å². The molecule has 0 aromatic rings. The number of sulfonamides is 1. The lowest BCUT2D eigenvalue weighted by Crippen LogP contribution is -2.39. The Kier molecular flexibility index (Phi) is 4.35. The molecule has 1 atom stereocenters. The molecule has 0 aliphatic carbocycles. The van der Waals surface area contributed by atoms with Crippen molar-refractivity contribution >= 4 is 16.0 Å². The third-order valence-corrected chi connectivity index (χ3v) is 3.91. The minimum atomic E-state index is -3.67. The van der Waals surface area contributed by atoms with Gasteiger partial charge in [0.2, 0.25) is 10.0 Å². The number of nitrogens with zero attached hydrogens (tertiary/aromatic N) is 1. The molecule has 0 radical (unpaired) electrons. The maximum absolute atomic E-state index is 11.4. The van der Waals surface area contributed by atoms with Crippen LogP contribution in [0.1, 0.15) is 20.3 Å². The van der Waals surface area contributed by atoms with Crippen LogP contribution in [0.2, 0.25) is 0 Å². The lowest BCUT2D eigenvalue weighted by Gasteiger charge is -2.18. The van der Waals surface area contributed by atoms with Crippen LogP contribution in [0.3, 0.4) is 0 Å². The van der Waals surface area contributed by atoms with E-state index in [2.05, 4.69) is 0 Å². The zero-order valence-corrected chi connectivity index (χ0v) is 8.84. The summed E-state index contributed by atoms with van der Waals surface area (Å²) in [6.07, 6.45) is 0.669. The SMILES string of the molecule is CCCN(C)S(=O)(=O)C(C)C(=O)O. The van der Waals surface area contributed by atoms with Crippen LogP contribution in [-0.4, -0.2) is 42.6 Å². The second kappa shape index (κ2) is 4.57. The summed E-state index contributed by atoms with van der Waals surface area (Å²) in [5, 5.41) is 7.16. The van der Waals surface area contributed by atoms with Crippen LogP contribution in [0.5, 0.6) is 0 Å². The van der Waals surface area contributed by atoms with Gasteiger partial charge in [0.25, 0.3) is 0 Å². The van der Waals surface area contributed by atoms with Crippen molar-refractivity contribution in [1.82, 2.24) is 4.31 Å². The van der Waals surface area contributed by atoms with E-state index in [1.165, 1.54) is 14.0 Å². The number of hydrogen-bond acceptors (Lipinski definition) is 3. The number of aliphatic carboxylic acids is 1. The van der Waals surface area contributed by atoms with Gasteiger partial charge in [-0.25, -0.2) is 12.7 Å². The van der Waals surface area contributed by atoms with Gasteiger partial charge in [0.15, 0.2) is 5.25 Å². The molecule has 0 aromatic carbocycles. The van der Waals surface area contributed by atoms with Crippen molar-refractivity contribution in [3.05, 3.63) is 0 Å². The molecule has 1 unspecified atom stereocenters. The highest BCUT2D eigenvalue weighted by atomic mass is 32.2. The van der Waals surface area contributed by atoms with E-state index in [1.807, 2.05) is 6.92 Å². The first-order valence-electron chi connectivity index (χ1n) is 4.02. The second-order valence-electron chi connectivity index (χ2n) is 2.85. The van der Waals surface area contributed by atoms with Crippen LogP contribution in [0, 0.1) is 0 Å². The van der Waals surface area contributed by atoms with Crippen LogP contribution < -0.4 is 0 Å². The third-order valence-electron chi connectivity index (χ3n) is 1.77. The molecular weight excluding hydrogens is 194 g/mol. The van der Waals surface area contributed by atoms with Gasteiger partial charge >= 0.3 is 5.97 Å². The fraction of sp³-hybridized carbons (Fsp3) is 0.857. The molecule has 13 heavy (non-hydrogen) atoms. The molecule has 6 heteroatoms. The summed E-state index contributed by atoms with van der Waals surface area (Å²) in [5.41, 5.74) is 0. The molecular formula is C7H15NO4S. The number of hydrogen-bond donors (Lipinski definition) is 1. The Morgan fingerprint density at radius 2 is 2.00 bits per heavy atom. The Morgan fingerprint density at radius 3 is 2.31 bits per heavy atom. The molecule has 5 nitrogen and oxygen atoms in total. The predicted octanol–water partition coefficient (Wildman–Crippen LogP) is 0.131. The molecule has 78 valence electrons.